The van der Waals surface area contributed by atoms with E-state index in [-0.39, 0.29) is 10.8 Å². The molecule has 0 unspecified atom stereocenters. The van der Waals surface area contributed by atoms with Crippen molar-refractivity contribution in [2.45, 2.75) is 41.5 Å². The summed E-state index contributed by atoms with van der Waals surface area (Å²) in [5.74, 6) is 0. The maximum Gasteiger partial charge on any atom is -0.0106 e. The number of rotatable bonds is 12. The van der Waals surface area contributed by atoms with Gasteiger partial charge in [-0.15, -0.1) is 0 Å². The van der Waals surface area contributed by atoms with Gasteiger partial charge in [0, 0.05) is 0 Å². The topological polar surface area (TPSA) is 0 Å². The average Bonchev–Trinajstić information content (AvgIpc) is 2.75. The number of allylic oxidation sites excluding steroid dienone is 20. The molecule has 0 atom stereocenters. The number of hydrogen-bond acceptors (Lipinski definition) is 0. The van der Waals surface area contributed by atoms with E-state index in [4.69, 9.17) is 0 Å². The molecule has 0 heteroatoms. The van der Waals surface area contributed by atoms with Crippen molar-refractivity contribution in [2.24, 2.45) is 10.8 Å². The third-order valence-electron chi connectivity index (χ3n) is 5.17. The van der Waals surface area contributed by atoms with Crippen LogP contribution < -0.4 is 0 Å². The van der Waals surface area contributed by atoms with Gasteiger partial charge in [0.15, 0.2) is 0 Å². The third kappa shape index (κ3) is 10.5. The van der Waals surface area contributed by atoms with Gasteiger partial charge in [0.1, 0.15) is 0 Å². The molecule has 0 saturated carbocycles. The van der Waals surface area contributed by atoms with E-state index in [0.717, 1.165) is 33.4 Å². The maximum atomic E-state index is 4.09. The zero-order valence-corrected chi connectivity index (χ0v) is 22.3. The first-order chi connectivity index (χ1) is 15.9. The molecule has 0 aliphatic heterocycles. The summed E-state index contributed by atoms with van der Waals surface area (Å²) < 4.78 is 0. The van der Waals surface area contributed by atoms with Gasteiger partial charge in [-0.1, -0.05) is 160 Å². The highest BCUT2D eigenvalue weighted by molar-refractivity contribution is 5.61. The lowest BCUT2D eigenvalue weighted by Crippen LogP contribution is -2.07. The van der Waals surface area contributed by atoms with Crippen LogP contribution in [0.4, 0.5) is 0 Å². The van der Waals surface area contributed by atoms with Gasteiger partial charge in [0.25, 0.3) is 0 Å². The standard InChI is InChI=1S/C34H44/c1-13-19-21-29(20-14-2)32(28(16-4)23-25-31(18-6)34(10,11)12)26-27(15-3)22-24-30(17-5)33(7,8)9/h13-26H,1-6H2,7-12H3/b21-19-,27-22+,28-23+,29-20+,30-24+,31-25+,32-26-. The molecule has 34 heavy (non-hydrogen) atoms. The predicted molar refractivity (Wildman–Crippen MR) is 158 cm³/mol. The van der Waals surface area contributed by atoms with Crippen LogP contribution in [0.25, 0.3) is 0 Å². The molecule has 0 amide bonds. The average molecular weight is 453 g/mol. The van der Waals surface area contributed by atoms with E-state index in [9.17, 15) is 0 Å². The first-order valence-corrected chi connectivity index (χ1v) is 11.6. The summed E-state index contributed by atoms with van der Waals surface area (Å²) in [6, 6.07) is 0. The minimum absolute atomic E-state index is 0.00267. The van der Waals surface area contributed by atoms with Crippen molar-refractivity contribution >= 4 is 0 Å². The van der Waals surface area contributed by atoms with Crippen LogP contribution in [0.2, 0.25) is 0 Å². The third-order valence-corrected chi connectivity index (χ3v) is 5.17. The van der Waals surface area contributed by atoms with Crippen LogP contribution in [-0.2, 0) is 0 Å². The zero-order chi connectivity index (χ0) is 26.4. The number of hydrogen-bond donors (Lipinski definition) is 0. The molecule has 0 aromatic carbocycles. The molecular formula is C34H44. The van der Waals surface area contributed by atoms with Crippen LogP contribution in [0.5, 0.6) is 0 Å². The van der Waals surface area contributed by atoms with Gasteiger partial charge >= 0.3 is 0 Å². The van der Waals surface area contributed by atoms with Gasteiger partial charge in [-0.3, -0.25) is 0 Å². The van der Waals surface area contributed by atoms with Crippen LogP contribution in [0, 0.1) is 10.8 Å². The monoisotopic (exact) mass is 452 g/mol. The van der Waals surface area contributed by atoms with E-state index >= 15 is 0 Å². The molecular weight excluding hydrogens is 408 g/mol. The molecule has 0 aliphatic carbocycles. The van der Waals surface area contributed by atoms with Gasteiger partial charge in [0.2, 0.25) is 0 Å². The van der Waals surface area contributed by atoms with Gasteiger partial charge in [0.05, 0.1) is 0 Å². The highest BCUT2D eigenvalue weighted by atomic mass is 14.2. The van der Waals surface area contributed by atoms with Gasteiger partial charge in [-0.2, -0.15) is 0 Å². The first kappa shape index (κ1) is 30.6. The Labute approximate surface area is 210 Å². The summed E-state index contributed by atoms with van der Waals surface area (Å²) >= 11 is 0. The Bertz CT molecular complexity index is 987. The molecule has 0 heterocycles. The van der Waals surface area contributed by atoms with Crippen molar-refractivity contribution in [3.63, 3.8) is 0 Å². The summed E-state index contributed by atoms with van der Waals surface area (Å²) in [6.45, 7) is 36.8. The van der Waals surface area contributed by atoms with Gasteiger partial charge in [-0.05, 0) is 50.3 Å². The zero-order valence-electron chi connectivity index (χ0n) is 22.3. The molecule has 0 rings (SSSR count). The Balaban J connectivity index is 7.16. The van der Waals surface area contributed by atoms with E-state index in [1.54, 1.807) is 12.2 Å². The molecule has 0 aliphatic rings. The summed E-state index contributed by atoms with van der Waals surface area (Å²) in [5, 5.41) is 0. The van der Waals surface area contributed by atoms with Crippen molar-refractivity contribution in [3.05, 3.63) is 158 Å². The molecule has 0 nitrogen and oxygen atoms in total. The van der Waals surface area contributed by atoms with Crippen LogP contribution in [0.15, 0.2) is 158 Å². The van der Waals surface area contributed by atoms with E-state index in [0.29, 0.717) is 0 Å². The van der Waals surface area contributed by atoms with Crippen LogP contribution in [0.3, 0.4) is 0 Å². The predicted octanol–water partition coefficient (Wildman–Crippen LogP) is 10.3. The summed E-state index contributed by atoms with van der Waals surface area (Å²) in [5.41, 5.74) is 6.21. The lowest BCUT2D eigenvalue weighted by molar-refractivity contribution is 0.517. The van der Waals surface area contributed by atoms with E-state index < -0.39 is 0 Å². The highest BCUT2D eigenvalue weighted by Crippen LogP contribution is 2.29. The second-order valence-corrected chi connectivity index (χ2v) is 9.86. The first-order valence-electron chi connectivity index (χ1n) is 11.6. The Morgan fingerprint density at radius 1 is 0.529 bits per heavy atom. The van der Waals surface area contributed by atoms with Crippen molar-refractivity contribution in [1.29, 1.82) is 0 Å². The fraction of sp³-hybridized carbons (Fsp3) is 0.235. The molecule has 0 aromatic rings. The molecule has 180 valence electrons. The van der Waals surface area contributed by atoms with Gasteiger partial charge < -0.3 is 0 Å². The Hall–Kier alpha value is -3.38. The highest BCUT2D eigenvalue weighted by Gasteiger charge is 2.14. The normalized spacial score (nSPS) is 15.2. The van der Waals surface area contributed by atoms with Crippen molar-refractivity contribution in [2.75, 3.05) is 0 Å². The minimum Gasteiger partial charge on any atom is -0.0991 e. The van der Waals surface area contributed by atoms with E-state index in [1.165, 1.54) is 0 Å². The SMILES string of the molecule is C=C\C=C/C(=C\C=C)C(=C\C(C=C)=C\C=C(/C=C)C(C)(C)C)/C(C=C)=C/C=C(\C=C)C(C)(C)C. The molecule has 0 fully saturated rings. The van der Waals surface area contributed by atoms with Crippen molar-refractivity contribution in [3.8, 4) is 0 Å². The summed E-state index contributed by atoms with van der Waals surface area (Å²) in [6.07, 6.45) is 27.4. The molecule has 0 bridgehead atoms. The molecule has 0 N–H and O–H groups in total. The fourth-order valence-electron chi connectivity index (χ4n) is 3.09. The summed E-state index contributed by atoms with van der Waals surface area (Å²) in [7, 11) is 0. The Morgan fingerprint density at radius 3 is 1.44 bits per heavy atom. The fourth-order valence-corrected chi connectivity index (χ4v) is 3.09. The van der Waals surface area contributed by atoms with Crippen LogP contribution in [0.1, 0.15) is 41.5 Å². The Kier molecular flexibility index (Phi) is 13.2. The molecule has 0 saturated heterocycles. The minimum atomic E-state index is -0.0119. The molecule has 0 spiro atoms. The molecule has 0 aromatic heterocycles. The molecule has 0 radical (unpaired) electrons. The second-order valence-electron chi connectivity index (χ2n) is 9.86. The Morgan fingerprint density at radius 2 is 1.06 bits per heavy atom. The van der Waals surface area contributed by atoms with Crippen LogP contribution >= 0.6 is 0 Å². The summed E-state index contributed by atoms with van der Waals surface area (Å²) in [4.78, 5) is 0. The van der Waals surface area contributed by atoms with Gasteiger partial charge in [-0.25, -0.2) is 0 Å². The maximum absolute atomic E-state index is 4.09. The van der Waals surface area contributed by atoms with Crippen molar-refractivity contribution < 1.29 is 0 Å². The van der Waals surface area contributed by atoms with Crippen LogP contribution in [-0.4, -0.2) is 0 Å². The van der Waals surface area contributed by atoms with E-state index in [2.05, 4.69) is 111 Å². The largest absolute Gasteiger partial charge is 0.0991 e. The van der Waals surface area contributed by atoms with E-state index in [1.807, 2.05) is 42.5 Å². The quantitative estimate of drug-likeness (QED) is 0.258. The second kappa shape index (κ2) is 14.7. The lowest BCUT2D eigenvalue weighted by Gasteiger charge is -2.20. The lowest BCUT2D eigenvalue weighted by atomic mass is 9.85. The smallest absolute Gasteiger partial charge is 0.0106 e. The van der Waals surface area contributed by atoms with Crippen molar-refractivity contribution in [1.82, 2.24) is 0 Å².